The lowest BCUT2D eigenvalue weighted by Gasteiger charge is -2.41. The summed E-state index contributed by atoms with van der Waals surface area (Å²) in [5.41, 5.74) is 1.56. The van der Waals surface area contributed by atoms with E-state index in [4.69, 9.17) is 0 Å². The Hall–Kier alpha value is -2.50. The van der Waals surface area contributed by atoms with E-state index in [0.717, 1.165) is 29.8 Å². The molecule has 130 valence electrons. The number of amides is 1. The Kier molecular flexibility index (Phi) is 3.52. The molecule has 2 unspecified atom stereocenters. The van der Waals surface area contributed by atoms with Gasteiger partial charge in [-0.3, -0.25) is 4.79 Å². The fraction of sp³-hybridized carbons (Fsp3) is 0.316. The lowest BCUT2D eigenvalue weighted by molar-refractivity contribution is -0.175. The van der Waals surface area contributed by atoms with E-state index in [2.05, 4.69) is 5.32 Å². The molecule has 1 amide bonds. The van der Waals surface area contributed by atoms with Gasteiger partial charge in [0.2, 0.25) is 0 Å². The van der Waals surface area contributed by atoms with Crippen molar-refractivity contribution in [3.63, 3.8) is 0 Å². The van der Waals surface area contributed by atoms with Gasteiger partial charge in [-0.1, -0.05) is 36.4 Å². The standard InChI is InChI=1S/C19H17F3N2O/c20-19(21,22)17(25)23-18-12-6-10-15(18)14-9-4-5-11-16(14)24(18)13-7-2-1-3-8-13/h1-5,7-9,11,15H,6,10,12H2,(H,23,25). The summed E-state index contributed by atoms with van der Waals surface area (Å²) in [5.74, 6) is -2.04. The van der Waals surface area contributed by atoms with E-state index in [-0.39, 0.29) is 5.92 Å². The van der Waals surface area contributed by atoms with E-state index in [9.17, 15) is 18.0 Å². The first-order valence-corrected chi connectivity index (χ1v) is 8.27. The van der Waals surface area contributed by atoms with Crippen LogP contribution >= 0.6 is 0 Å². The molecule has 1 N–H and O–H groups in total. The number of carbonyl (C=O) groups excluding carboxylic acids is 1. The fourth-order valence-corrected chi connectivity index (χ4v) is 4.29. The van der Waals surface area contributed by atoms with Gasteiger partial charge >= 0.3 is 12.1 Å². The van der Waals surface area contributed by atoms with E-state index in [1.165, 1.54) is 0 Å². The van der Waals surface area contributed by atoms with Crippen molar-refractivity contribution in [2.24, 2.45) is 0 Å². The van der Waals surface area contributed by atoms with Crippen molar-refractivity contribution in [1.82, 2.24) is 5.32 Å². The highest BCUT2D eigenvalue weighted by Crippen LogP contribution is 2.57. The quantitative estimate of drug-likeness (QED) is 0.869. The molecule has 3 nitrogen and oxygen atoms in total. The average Bonchev–Trinajstić information content (AvgIpc) is 3.09. The average molecular weight is 346 g/mol. The van der Waals surface area contributed by atoms with Crippen LogP contribution in [-0.2, 0) is 4.79 Å². The van der Waals surface area contributed by atoms with E-state index < -0.39 is 17.7 Å². The molecular formula is C19H17F3N2O. The van der Waals surface area contributed by atoms with Crippen LogP contribution in [0, 0.1) is 0 Å². The Morgan fingerprint density at radius 2 is 1.76 bits per heavy atom. The molecule has 4 rings (SSSR count). The molecule has 0 saturated heterocycles. The van der Waals surface area contributed by atoms with Crippen molar-refractivity contribution in [1.29, 1.82) is 0 Å². The van der Waals surface area contributed by atoms with E-state index in [0.29, 0.717) is 6.42 Å². The van der Waals surface area contributed by atoms with Gasteiger partial charge in [0.25, 0.3) is 0 Å². The number of benzene rings is 2. The number of carbonyl (C=O) groups is 1. The van der Waals surface area contributed by atoms with Crippen molar-refractivity contribution >= 4 is 17.3 Å². The smallest absolute Gasteiger partial charge is 0.325 e. The van der Waals surface area contributed by atoms with Gasteiger partial charge in [0.05, 0.1) is 0 Å². The summed E-state index contributed by atoms with van der Waals surface area (Å²) in [4.78, 5) is 13.7. The molecule has 2 atom stereocenters. The summed E-state index contributed by atoms with van der Waals surface area (Å²) in [7, 11) is 0. The zero-order valence-electron chi connectivity index (χ0n) is 13.4. The lowest BCUT2D eigenvalue weighted by atomic mass is 9.92. The zero-order valence-corrected chi connectivity index (χ0v) is 13.4. The van der Waals surface area contributed by atoms with Crippen molar-refractivity contribution in [2.75, 3.05) is 4.90 Å². The van der Waals surface area contributed by atoms with Crippen LogP contribution in [0.2, 0.25) is 0 Å². The highest BCUT2D eigenvalue weighted by atomic mass is 19.4. The third-order valence-electron chi connectivity index (χ3n) is 5.18. The number of anilines is 2. The molecular weight excluding hydrogens is 329 g/mol. The summed E-state index contributed by atoms with van der Waals surface area (Å²) in [6.07, 6.45) is -2.92. The normalized spacial score (nSPS) is 24.8. The molecule has 2 aromatic rings. The fourth-order valence-electron chi connectivity index (χ4n) is 4.29. The molecule has 6 heteroatoms. The first-order chi connectivity index (χ1) is 11.9. The summed E-state index contributed by atoms with van der Waals surface area (Å²) < 4.78 is 39.0. The number of hydrogen-bond donors (Lipinski definition) is 1. The molecule has 1 aliphatic heterocycles. The number of rotatable bonds is 2. The monoisotopic (exact) mass is 346 g/mol. The molecule has 1 heterocycles. The topological polar surface area (TPSA) is 32.3 Å². The van der Waals surface area contributed by atoms with Crippen molar-refractivity contribution in [3.05, 3.63) is 60.2 Å². The number of alkyl halides is 3. The second-order valence-corrected chi connectivity index (χ2v) is 6.55. The molecule has 0 bridgehead atoms. The number of nitrogens with one attached hydrogen (secondary N) is 1. The molecule has 1 saturated carbocycles. The molecule has 0 aromatic heterocycles. The van der Waals surface area contributed by atoms with Crippen molar-refractivity contribution in [2.45, 2.75) is 37.0 Å². The molecule has 1 fully saturated rings. The highest BCUT2D eigenvalue weighted by Gasteiger charge is 2.57. The summed E-state index contributed by atoms with van der Waals surface area (Å²) in [6, 6.07) is 16.9. The number of fused-ring (bicyclic) bond motifs is 3. The largest absolute Gasteiger partial charge is 0.471 e. The van der Waals surface area contributed by atoms with Gasteiger partial charge < -0.3 is 10.2 Å². The van der Waals surface area contributed by atoms with E-state index >= 15 is 0 Å². The Morgan fingerprint density at radius 3 is 2.48 bits per heavy atom. The van der Waals surface area contributed by atoms with Crippen LogP contribution in [0.25, 0.3) is 0 Å². The van der Waals surface area contributed by atoms with Crippen LogP contribution in [0.1, 0.15) is 30.7 Å². The van der Waals surface area contributed by atoms with Gasteiger partial charge in [0, 0.05) is 17.3 Å². The zero-order chi connectivity index (χ0) is 17.7. The molecule has 2 aromatic carbocycles. The Bertz CT molecular complexity index is 806. The van der Waals surface area contributed by atoms with Gasteiger partial charge in [-0.2, -0.15) is 13.2 Å². The molecule has 1 aliphatic carbocycles. The Labute approximate surface area is 143 Å². The van der Waals surface area contributed by atoms with Crippen LogP contribution in [0.5, 0.6) is 0 Å². The predicted octanol–water partition coefficient (Wildman–Crippen LogP) is 4.48. The van der Waals surface area contributed by atoms with Gasteiger partial charge in [0.15, 0.2) is 0 Å². The minimum Gasteiger partial charge on any atom is -0.325 e. The predicted molar refractivity (Wildman–Crippen MR) is 88.5 cm³/mol. The van der Waals surface area contributed by atoms with Gasteiger partial charge in [-0.25, -0.2) is 0 Å². The van der Waals surface area contributed by atoms with Gasteiger partial charge in [-0.05, 0) is 43.0 Å². The maximum Gasteiger partial charge on any atom is 0.471 e. The summed E-state index contributed by atoms with van der Waals surface area (Å²) in [6.45, 7) is 0. The van der Waals surface area contributed by atoms with Crippen molar-refractivity contribution < 1.29 is 18.0 Å². The van der Waals surface area contributed by atoms with Crippen LogP contribution in [0.15, 0.2) is 54.6 Å². The maximum absolute atomic E-state index is 13.0. The lowest BCUT2D eigenvalue weighted by Crippen LogP contribution is -2.60. The Morgan fingerprint density at radius 1 is 1.08 bits per heavy atom. The van der Waals surface area contributed by atoms with E-state index in [1.54, 1.807) is 0 Å². The second-order valence-electron chi connectivity index (χ2n) is 6.55. The molecule has 0 radical (unpaired) electrons. The number of nitrogens with zero attached hydrogens (tertiary/aromatic N) is 1. The molecule has 0 spiro atoms. The first-order valence-electron chi connectivity index (χ1n) is 8.27. The van der Waals surface area contributed by atoms with E-state index in [1.807, 2.05) is 59.5 Å². The van der Waals surface area contributed by atoms with Gasteiger partial charge in [0.1, 0.15) is 5.66 Å². The molecule has 2 aliphatic rings. The third-order valence-corrected chi connectivity index (χ3v) is 5.18. The van der Waals surface area contributed by atoms with Crippen LogP contribution in [-0.4, -0.2) is 17.7 Å². The van der Waals surface area contributed by atoms with Gasteiger partial charge in [-0.15, -0.1) is 0 Å². The number of hydrogen-bond acceptors (Lipinski definition) is 2. The second kappa shape index (κ2) is 5.51. The first kappa shape index (κ1) is 16.0. The number of para-hydroxylation sites is 2. The molecule has 25 heavy (non-hydrogen) atoms. The minimum absolute atomic E-state index is 0.157. The maximum atomic E-state index is 13.0. The summed E-state index contributed by atoms with van der Waals surface area (Å²) in [5, 5.41) is 2.35. The highest BCUT2D eigenvalue weighted by molar-refractivity contribution is 5.85. The summed E-state index contributed by atoms with van der Waals surface area (Å²) >= 11 is 0. The Balaban J connectivity index is 1.86. The number of halogens is 3. The van der Waals surface area contributed by atoms with Crippen molar-refractivity contribution in [3.8, 4) is 0 Å². The van der Waals surface area contributed by atoms with Crippen LogP contribution in [0.3, 0.4) is 0 Å². The SMILES string of the molecule is O=C(NC12CCCC1c1ccccc1N2c1ccccc1)C(F)(F)F. The van der Waals surface area contributed by atoms with Crippen LogP contribution in [0.4, 0.5) is 24.5 Å². The minimum atomic E-state index is -4.90. The van der Waals surface area contributed by atoms with Crippen LogP contribution < -0.4 is 10.2 Å². The third kappa shape index (κ3) is 2.39.